The monoisotopic (exact) mass is 366 g/mol. The molecule has 0 amide bonds. The van der Waals surface area contributed by atoms with Crippen molar-refractivity contribution in [1.82, 2.24) is 0 Å². The van der Waals surface area contributed by atoms with Gasteiger partial charge in [-0.2, -0.15) is 0 Å². The highest BCUT2D eigenvalue weighted by Crippen LogP contribution is 2.43. The molecule has 1 saturated carbocycles. The van der Waals surface area contributed by atoms with E-state index < -0.39 is 8.32 Å². The van der Waals surface area contributed by atoms with Crippen molar-refractivity contribution in [3.63, 3.8) is 0 Å². The summed E-state index contributed by atoms with van der Waals surface area (Å²) in [5, 5.41) is 0. The van der Waals surface area contributed by atoms with Crippen LogP contribution in [0.5, 0.6) is 0 Å². The summed E-state index contributed by atoms with van der Waals surface area (Å²) in [5.41, 5.74) is 0.983. The molecule has 0 N–H and O–H groups in total. The van der Waals surface area contributed by atoms with Crippen LogP contribution in [0.25, 0.3) is 0 Å². The molecule has 2 unspecified atom stereocenters. The zero-order valence-corrected chi connectivity index (χ0v) is 18.5. The largest absolute Gasteiger partial charge is 0.414 e. The lowest BCUT2D eigenvalue weighted by Crippen LogP contribution is -2.47. The SMILES string of the molecule is CCCCCCCCCCCCC1CCC[Si](C)(C2CCCCC2)O1. The molecule has 1 saturated heterocycles. The summed E-state index contributed by atoms with van der Waals surface area (Å²) in [6.07, 6.45) is 26.6. The lowest BCUT2D eigenvalue weighted by Gasteiger charge is -2.43. The molecule has 148 valence electrons. The van der Waals surface area contributed by atoms with Gasteiger partial charge in [0.2, 0.25) is 0 Å². The molecule has 1 heterocycles. The van der Waals surface area contributed by atoms with E-state index in [9.17, 15) is 0 Å². The normalized spacial score (nSPS) is 28.3. The van der Waals surface area contributed by atoms with Crippen LogP contribution < -0.4 is 0 Å². The first-order valence-electron chi connectivity index (χ1n) is 11.9. The first kappa shape index (κ1) is 21.5. The van der Waals surface area contributed by atoms with Crippen LogP contribution in [0.3, 0.4) is 0 Å². The van der Waals surface area contributed by atoms with E-state index in [1.54, 1.807) is 0 Å². The van der Waals surface area contributed by atoms with Crippen molar-refractivity contribution in [2.24, 2.45) is 0 Å². The number of hydrogen-bond acceptors (Lipinski definition) is 1. The summed E-state index contributed by atoms with van der Waals surface area (Å²) in [7, 11) is -1.40. The third-order valence-electron chi connectivity index (χ3n) is 6.98. The summed E-state index contributed by atoms with van der Waals surface area (Å²) in [6, 6.07) is 1.45. The fraction of sp³-hybridized carbons (Fsp3) is 1.00. The van der Waals surface area contributed by atoms with Gasteiger partial charge in [-0.25, -0.2) is 0 Å². The van der Waals surface area contributed by atoms with E-state index in [1.165, 1.54) is 122 Å². The van der Waals surface area contributed by atoms with E-state index >= 15 is 0 Å². The maximum atomic E-state index is 6.83. The van der Waals surface area contributed by atoms with Crippen LogP contribution in [0.1, 0.15) is 122 Å². The zero-order chi connectivity index (χ0) is 17.8. The fourth-order valence-corrected chi connectivity index (χ4v) is 9.51. The summed E-state index contributed by atoms with van der Waals surface area (Å²) < 4.78 is 6.83. The highest BCUT2D eigenvalue weighted by molar-refractivity contribution is 6.74. The standard InChI is InChI=1S/C23H46OSi/c1-3-4-5-6-7-8-9-10-11-13-17-22-18-16-21-25(2,24-22)23-19-14-12-15-20-23/h22-23H,3-21H2,1-2H3. The highest BCUT2D eigenvalue weighted by Gasteiger charge is 2.42. The smallest absolute Gasteiger partial charge is 0.193 e. The second kappa shape index (κ2) is 12.5. The van der Waals surface area contributed by atoms with Crippen molar-refractivity contribution in [2.45, 2.75) is 147 Å². The summed E-state index contributed by atoms with van der Waals surface area (Å²) >= 11 is 0. The molecule has 1 aliphatic carbocycles. The van der Waals surface area contributed by atoms with Crippen LogP contribution in [0.2, 0.25) is 18.1 Å². The van der Waals surface area contributed by atoms with Crippen molar-refractivity contribution in [2.75, 3.05) is 0 Å². The highest BCUT2D eigenvalue weighted by atomic mass is 28.4. The maximum absolute atomic E-state index is 6.83. The molecular formula is C23H46OSi. The van der Waals surface area contributed by atoms with Gasteiger partial charge in [-0.1, -0.05) is 110 Å². The molecule has 0 aromatic rings. The van der Waals surface area contributed by atoms with E-state index in [0.717, 1.165) is 5.54 Å². The van der Waals surface area contributed by atoms with Crippen LogP contribution in [-0.2, 0) is 4.43 Å². The van der Waals surface area contributed by atoms with Crippen molar-refractivity contribution in [1.29, 1.82) is 0 Å². The molecule has 1 nitrogen and oxygen atoms in total. The minimum absolute atomic E-state index is 0.626. The topological polar surface area (TPSA) is 9.23 Å². The minimum atomic E-state index is -1.40. The molecule has 0 aromatic heterocycles. The van der Waals surface area contributed by atoms with Crippen molar-refractivity contribution in [3.05, 3.63) is 0 Å². The predicted octanol–water partition coefficient (Wildman–Crippen LogP) is 8.39. The van der Waals surface area contributed by atoms with Gasteiger partial charge in [0.15, 0.2) is 8.32 Å². The van der Waals surface area contributed by atoms with Gasteiger partial charge < -0.3 is 4.43 Å². The Bertz CT molecular complexity index is 326. The molecule has 2 aliphatic rings. The molecule has 2 atom stereocenters. The van der Waals surface area contributed by atoms with Crippen LogP contribution in [0.4, 0.5) is 0 Å². The van der Waals surface area contributed by atoms with Gasteiger partial charge in [0.05, 0.1) is 0 Å². The second-order valence-corrected chi connectivity index (χ2v) is 13.4. The van der Waals surface area contributed by atoms with Crippen molar-refractivity contribution < 1.29 is 4.43 Å². The Balaban J connectivity index is 1.51. The van der Waals surface area contributed by atoms with Crippen LogP contribution >= 0.6 is 0 Å². The molecule has 0 spiro atoms. The van der Waals surface area contributed by atoms with E-state index in [-0.39, 0.29) is 0 Å². The second-order valence-electron chi connectivity index (χ2n) is 9.25. The molecule has 0 radical (unpaired) electrons. The zero-order valence-electron chi connectivity index (χ0n) is 17.5. The van der Waals surface area contributed by atoms with E-state index in [2.05, 4.69) is 13.5 Å². The summed E-state index contributed by atoms with van der Waals surface area (Å²) in [6.45, 7) is 4.88. The first-order chi connectivity index (χ1) is 12.2. The molecule has 1 aliphatic heterocycles. The lowest BCUT2D eigenvalue weighted by atomic mass is 10.0. The predicted molar refractivity (Wildman–Crippen MR) is 114 cm³/mol. The quantitative estimate of drug-likeness (QED) is 0.249. The molecule has 25 heavy (non-hydrogen) atoms. The lowest BCUT2D eigenvalue weighted by molar-refractivity contribution is 0.137. The Morgan fingerprint density at radius 3 is 1.96 bits per heavy atom. The molecular weight excluding hydrogens is 320 g/mol. The fourth-order valence-electron chi connectivity index (χ4n) is 5.26. The van der Waals surface area contributed by atoms with Crippen LogP contribution in [0.15, 0.2) is 0 Å². The van der Waals surface area contributed by atoms with E-state index in [4.69, 9.17) is 4.43 Å². The molecule has 2 heteroatoms. The Kier molecular flexibility index (Phi) is 10.8. The van der Waals surface area contributed by atoms with E-state index in [0.29, 0.717) is 6.10 Å². The molecule has 2 fully saturated rings. The minimum Gasteiger partial charge on any atom is -0.414 e. The maximum Gasteiger partial charge on any atom is 0.193 e. The number of unbranched alkanes of at least 4 members (excludes halogenated alkanes) is 9. The van der Waals surface area contributed by atoms with Crippen molar-refractivity contribution in [3.8, 4) is 0 Å². The Labute approximate surface area is 159 Å². The number of rotatable bonds is 12. The van der Waals surface area contributed by atoms with Gasteiger partial charge in [0, 0.05) is 6.10 Å². The van der Waals surface area contributed by atoms with Gasteiger partial charge in [-0.05, 0) is 31.0 Å². The van der Waals surface area contributed by atoms with Gasteiger partial charge >= 0.3 is 0 Å². The molecule has 2 rings (SSSR count). The third-order valence-corrected chi connectivity index (χ3v) is 11.5. The first-order valence-corrected chi connectivity index (χ1v) is 14.6. The Morgan fingerprint density at radius 2 is 1.32 bits per heavy atom. The molecule has 0 bridgehead atoms. The van der Waals surface area contributed by atoms with Gasteiger partial charge in [0.25, 0.3) is 0 Å². The van der Waals surface area contributed by atoms with E-state index in [1.807, 2.05) is 0 Å². The van der Waals surface area contributed by atoms with Gasteiger partial charge in [0.1, 0.15) is 0 Å². The Hall–Kier alpha value is 0.177. The van der Waals surface area contributed by atoms with Crippen molar-refractivity contribution >= 4 is 8.32 Å². The van der Waals surface area contributed by atoms with Gasteiger partial charge in [-0.3, -0.25) is 0 Å². The molecule has 0 aromatic carbocycles. The average Bonchev–Trinajstić information content (AvgIpc) is 2.64. The summed E-state index contributed by atoms with van der Waals surface area (Å²) in [4.78, 5) is 0. The number of hydrogen-bond donors (Lipinski definition) is 0. The average molecular weight is 367 g/mol. The van der Waals surface area contributed by atoms with Crippen LogP contribution in [-0.4, -0.2) is 14.4 Å². The summed E-state index contributed by atoms with van der Waals surface area (Å²) in [5.74, 6) is 0. The van der Waals surface area contributed by atoms with Crippen LogP contribution in [0, 0.1) is 0 Å². The third kappa shape index (κ3) is 8.16. The Morgan fingerprint density at radius 1 is 0.720 bits per heavy atom. The van der Waals surface area contributed by atoms with Gasteiger partial charge in [-0.15, -0.1) is 0 Å².